The number of carbonyl (C=O) groups is 2. The maximum absolute atomic E-state index is 12.3. The van der Waals surface area contributed by atoms with Crippen molar-refractivity contribution in [1.82, 2.24) is 4.90 Å². The molecule has 0 spiro atoms. The maximum Gasteiger partial charge on any atom is 0.234 e. The van der Waals surface area contributed by atoms with Gasteiger partial charge in [0.25, 0.3) is 0 Å². The summed E-state index contributed by atoms with van der Waals surface area (Å²) in [5.41, 5.74) is 5.94. The number of rotatable bonds is 5. The number of ether oxygens (including phenoxy) is 1. The van der Waals surface area contributed by atoms with Gasteiger partial charge in [-0.15, -0.1) is 0 Å². The minimum atomic E-state index is -0.355. The molecule has 6 heteroatoms. The second-order valence-electron chi connectivity index (χ2n) is 4.80. The Morgan fingerprint density at radius 1 is 1.50 bits per heavy atom. The van der Waals surface area contributed by atoms with Crippen molar-refractivity contribution < 1.29 is 14.3 Å². The van der Waals surface area contributed by atoms with Gasteiger partial charge in [-0.25, -0.2) is 0 Å². The van der Waals surface area contributed by atoms with E-state index in [1.165, 1.54) is 0 Å². The molecule has 5 nitrogen and oxygen atoms in total. The first-order chi connectivity index (χ1) is 9.52. The Morgan fingerprint density at radius 3 is 2.85 bits per heavy atom. The van der Waals surface area contributed by atoms with E-state index in [-0.39, 0.29) is 24.3 Å². The molecule has 0 saturated carbocycles. The molecule has 0 aromatic heterocycles. The van der Waals surface area contributed by atoms with Gasteiger partial charge in [-0.2, -0.15) is 0 Å². The van der Waals surface area contributed by atoms with Crippen LogP contribution in [0, 0.1) is 0 Å². The second kappa shape index (κ2) is 6.37. The number of ketones is 1. The fraction of sp³-hybridized carbons (Fsp3) is 0.429. The van der Waals surface area contributed by atoms with E-state index in [1.807, 2.05) is 4.90 Å². The lowest BCUT2D eigenvalue weighted by Gasteiger charge is -2.20. The van der Waals surface area contributed by atoms with Gasteiger partial charge in [0.05, 0.1) is 24.2 Å². The quantitative estimate of drug-likeness (QED) is 0.826. The summed E-state index contributed by atoms with van der Waals surface area (Å²) in [5.74, 6) is 0.297. The molecule has 1 aromatic rings. The lowest BCUT2D eigenvalue weighted by molar-refractivity contribution is -0.122. The number of nitrogens with zero attached hydrogens (tertiary/aromatic N) is 1. The van der Waals surface area contributed by atoms with Crippen molar-refractivity contribution in [3.8, 4) is 5.75 Å². The van der Waals surface area contributed by atoms with Crippen LogP contribution in [-0.4, -0.2) is 42.8 Å². The number of Topliss-reactive ketones (excluding diaryl/α,β-unsaturated/α-hetero) is 1. The molecule has 2 N–H and O–H groups in total. The summed E-state index contributed by atoms with van der Waals surface area (Å²) >= 11 is 3.36. The molecule has 108 valence electrons. The normalized spacial score (nSPS) is 19.0. The van der Waals surface area contributed by atoms with Gasteiger partial charge in [-0.1, -0.05) is 0 Å². The third-order valence-electron chi connectivity index (χ3n) is 3.51. The molecule has 1 atom stereocenters. The molecular formula is C14H17BrN2O3. The van der Waals surface area contributed by atoms with Gasteiger partial charge in [0.15, 0.2) is 5.78 Å². The van der Waals surface area contributed by atoms with Crippen LogP contribution >= 0.6 is 15.9 Å². The Morgan fingerprint density at radius 2 is 2.25 bits per heavy atom. The van der Waals surface area contributed by atoms with Crippen molar-refractivity contribution in [3.05, 3.63) is 28.2 Å². The number of likely N-dealkylation sites (tertiary alicyclic amines) is 1. The third kappa shape index (κ3) is 3.19. The standard InChI is InChI=1S/C14H17BrN2O3/c1-20-13-5-4-9(7-10(13)15)12(18)8-17-6-2-3-11(17)14(16)19/h4-5,7,11H,2-3,6,8H2,1H3,(H2,16,19). The van der Waals surface area contributed by atoms with E-state index in [1.54, 1.807) is 25.3 Å². The topological polar surface area (TPSA) is 72.6 Å². The first kappa shape index (κ1) is 15.0. The van der Waals surface area contributed by atoms with Gasteiger partial charge in [0, 0.05) is 5.56 Å². The van der Waals surface area contributed by atoms with Gasteiger partial charge in [-0.05, 0) is 53.5 Å². The summed E-state index contributed by atoms with van der Waals surface area (Å²) in [6, 6.07) is 4.88. The highest BCUT2D eigenvalue weighted by atomic mass is 79.9. The molecule has 1 heterocycles. The van der Waals surface area contributed by atoms with E-state index < -0.39 is 0 Å². The highest BCUT2D eigenvalue weighted by Crippen LogP contribution is 2.26. The highest BCUT2D eigenvalue weighted by Gasteiger charge is 2.30. The minimum Gasteiger partial charge on any atom is -0.496 e. The highest BCUT2D eigenvalue weighted by molar-refractivity contribution is 9.10. The summed E-state index contributed by atoms with van der Waals surface area (Å²) < 4.78 is 5.87. The number of hydrogen-bond donors (Lipinski definition) is 1. The van der Waals surface area contributed by atoms with E-state index in [0.29, 0.717) is 11.3 Å². The third-order valence-corrected chi connectivity index (χ3v) is 4.13. The number of methoxy groups -OCH3 is 1. The van der Waals surface area contributed by atoms with Crippen LogP contribution in [0.25, 0.3) is 0 Å². The SMILES string of the molecule is COc1ccc(C(=O)CN2CCCC2C(N)=O)cc1Br. The molecule has 1 aromatic carbocycles. The fourth-order valence-electron chi connectivity index (χ4n) is 2.45. The predicted octanol–water partition coefficient (Wildman–Crippen LogP) is 1.59. The van der Waals surface area contributed by atoms with Crippen molar-refractivity contribution >= 4 is 27.6 Å². The number of amides is 1. The summed E-state index contributed by atoms with van der Waals surface area (Å²) in [7, 11) is 1.57. The van der Waals surface area contributed by atoms with Gasteiger partial charge in [-0.3, -0.25) is 14.5 Å². The molecule has 1 saturated heterocycles. The Bertz CT molecular complexity index is 533. The molecule has 0 radical (unpaired) electrons. The lowest BCUT2D eigenvalue weighted by atomic mass is 10.1. The Balaban J connectivity index is 2.08. The number of carbonyl (C=O) groups excluding carboxylic acids is 2. The van der Waals surface area contributed by atoms with E-state index in [4.69, 9.17) is 10.5 Å². The summed E-state index contributed by atoms with van der Waals surface area (Å²) in [6.07, 6.45) is 1.63. The summed E-state index contributed by atoms with van der Waals surface area (Å²) in [6.45, 7) is 0.947. The van der Waals surface area contributed by atoms with Crippen LogP contribution < -0.4 is 10.5 Å². The van der Waals surface area contributed by atoms with Crippen LogP contribution in [0.3, 0.4) is 0 Å². The van der Waals surface area contributed by atoms with Crippen LogP contribution in [0.2, 0.25) is 0 Å². The first-order valence-corrected chi connectivity index (χ1v) is 7.22. The van der Waals surface area contributed by atoms with Gasteiger partial charge >= 0.3 is 0 Å². The first-order valence-electron chi connectivity index (χ1n) is 6.43. The zero-order chi connectivity index (χ0) is 14.7. The number of benzene rings is 1. The molecule has 1 aliphatic heterocycles. The van der Waals surface area contributed by atoms with Crippen molar-refractivity contribution in [2.24, 2.45) is 5.73 Å². The largest absolute Gasteiger partial charge is 0.496 e. The molecule has 0 aliphatic carbocycles. The predicted molar refractivity (Wildman–Crippen MR) is 78.8 cm³/mol. The summed E-state index contributed by atoms with van der Waals surface area (Å²) in [5, 5.41) is 0. The zero-order valence-corrected chi connectivity index (χ0v) is 12.9. The number of nitrogens with two attached hydrogens (primary N) is 1. The Kier molecular flexibility index (Phi) is 4.77. The van der Waals surface area contributed by atoms with E-state index in [9.17, 15) is 9.59 Å². The van der Waals surface area contributed by atoms with Crippen LogP contribution in [0.1, 0.15) is 23.2 Å². The van der Waals surface area contributed by atoms with E-state index in [2.05, 4.69) is 15.9 Å². The van der Waals surface area contributed by atoms with Crippen molar-refractivity contribution in [2.75, 3.05) is 20.2 Å². The molecule has 1 aliphatic rings. The van der Waals surface area contributed by atoms with Crippen molar-refractivity contribution in [2.45, 2.75) is 18.9 Å². The Hall–Kier alpha value is -1.40. The van der Waals surface area contributed by atoms with E-state index in [0.717, 1.165) is 23.9 Å². The van der Waals surface area contributed by atoms with Gasteiger partial charge in [0.2, 0.25) is 5.91 Å². The average molecular weight is 341 g/mol. The molecular weight excluding hydrogens is 324 g/mol. The number of halogens is 1. The number of hydrogen-bond acceptors (Lipinski definition) is 4. The van der Waals surface area contributed by atoms with Crippen LogP contribution in [0.4, 0.5) is 0 Å². The maximum atomic E-state index is 12.3. The molecule has 1 amide bonds. The molecule has 20 heavy (non-hydrogen) atoms. The number of primary amides is 1. The lowest BCUT2D eigenvalue weighted by Crippen LogP contribution is -2.42. The Labute approximate surface area is 126 Å². The van der Waals surface area contributed by atoms with Crippen LogP contribution in [-0.2, 0) is 4.79 Å². The fourth-order valence-corrected chi connectivity index (χ4v) is 2.99. The summed E-state index contributed by atoms with van der Waals surface area (Å²) in [4.78, 5) is 25.4. The molecule has 0 bridgehead atoms. The van der Waals surface area contributed by atoms with Gasteiger partial charge in [0.1, 0.15) is 5.75 Å². The monoisotopic (exact) mass is 340 g/mol. The molecule has 1 fully saturated rings. The molecule has 2 rings (SSSR count). The minimum absolute atomic E-state index is 0.0264. The second-order valence-corrected chi connectivity index (χ2v) is 5.66. The van der Waals surface area contributed by atoms with Crippen LogP contribution in [0.5, 0.6) is 5.75 Å². The van der Waals surface area contributed by atoms with E-state index >= 15 is 0 Å². The van der Waals surface area contributed by atoms with Crippen molar-refractivity contribution in [3.63, 3.8) is 0 Å². The van der Waals surface area contributed by atoms with Gasteiger partial charge < -0.3 is 10.5 Å². The average Bonchev–Trinajstić information content (AvgIpc) is 2.86. The van der Waals surface area contributed by atoms with Crippen LogP contribution in [0.15, 0.2) is 22.7 Å². The zero-order valence-electron chi connectivity index (χ0n) is 11.3. The smallest absolute Gasteiger partial charge is 0.234 e. The molecule has 1 unspecified atom stereocenters. The van der Waals surface area contributed by atoms with Crippen molar-refractivity contribution in [1.29, 1.82) is 0 Å².